The van der Waals surface area contributed by atoms with Gasteiger partial charge in [0.25, 0.3) is 5.91 Å². The summed E-state index contributed by atoms with van der Waals surface area (Å²) in [6.45, 7) is 0.0808. The molecule has 0 fully saturated rings. The number of nitrogens with zero attached hydrogens (tertiary/aromatic N) is 1. The molecule has 6 heteroatoms. The number of benzene rings is 3. The van der Waals surface area contributed by atoms with Gasteiger partial charge in [-0.25, -0.2) is 5.43 Å². The summed E-state index contributed by atoms with van der Waals surface area (Å²) in [6.07, 6.45) is -0.834. The van der Waals surface area contributed by atoms with Gasteiger partial charge in [-0.05, 0) is 17.5 Å². The maximum Gasteiger partial charge on any atom is 0.284 e. The highest BCUT2D eigenvalue weighted by molar-refractivity contribution is 6.59. The molecular weight excluding hydrogens is 344 g/mol. The van der Waals surface area contributed by atoms with Gasteiger partial charge in [0.2, 0.25) is 11.9 Å². The fraction of sp³-hybridized carbons (Fsp3) is 0.0952. The van der Waals surface area contributed by atoms with E-state index in [1.54, 1.807) is 24.3 Å². The van der Waals surface area contributed by atoms with Crippen LogP contribution in [-0.2, 0) is 4.79 Å². The average Bonchev–Trinajstić information content (AvgIpc) is 2.99. The summed E-state index contributed by atoms with van der Waals surface area (Å²) in [5.41, 5.74) is 4.01. The normalized spacial score (nSPS) is 18.7. The van der Waals surface area contributed by atoms with Crippen LogP contribution in [0.15, 0.2) is 65.8 Å². The Morgan fingerprint density at radius 3 is 2.52 bits per heavy atom. The van der Waals surface area contributed by atoms with E-state index in [-0.39, 0.29) is 18.1 Å². The van der Waals surface area contributed by atoms with Crippen molar-refractivity contribution in [2.45, 2.75) is 6.10 Å². The van der Waals surface area contributed by atoms with Crippen molar-refractivity contribution in [3.63, 3.8) is 0 Å². The van der Waals surface area contributed by atoms with Crippen LogP contribution in [0, 0.1) is 0 Å². The highest BCUT2D eigenvalue weighted by atomic mass is 16.6. The van der Waals surface area contributed by atoms with Crippen LogP contribution < -0.4 is 14.9 Å². The number of hydrogen-bond acceptors (Lipinski definition) is 5. The first-order valence-electron chi connectivity index (χ1n) is 8.55. The molecule has 0 spiro atoms. The van der Waals surface area contributed by atoms with Crippen LogP contribution in [0.25, 0.3) is 10.8 Å². The van der Waals surface area contributed by atoms with Crippen molar-refractivity contribution in [2.24, 2.45) is 5.10 Å². The Morgan fingerprint density at radius 2 is 1.70 bits per heavy atom. The van der Waals surface area contributed by atoms with Crippen LogP contribution >= 0.6 is 0 Å². The number of rotatable bonds is 2. The zero-order valence-corrected chi connectivity index (χ0v) is 14.1. The molecule has 1 amide bonds. The quantitative estimate of drug-likeness (QED) is 0.715. The molecule has 27 heavy (non-hydrogen) atoms. The molecule has 3 aromatic rings. The van der Waals surface area contributed by atoms with E-state index in [0.717, 1.165) is 16.3 Å². The van der Waals surface area contributed by atoms with Crippen LogP contribution in [0.3, 0.4) is 0 Å². The van der Waals surface area contributed by atoms with E-state index < -0.39 is 12.0 Å². The fourth-order valence-corrected chi connectivity index (χ4v) is 3.42. The minimum absolute atomic E-state index is 0.0808. The molecule has 1 N–H and O–H groups in total. The first-order valence-corrected chi connectivity index (χ1v) is 8.55. The summed E-state index contributed by atoms with van der Waals surface area (Å²) in [5.74, 6) is 0.438. The van der Waals surface area contributed by atoms with Crippen molar-refractivity contribution >= 4 is 28.2 Å². The fourth-order valence-electron chi connectivity index (χ4n) is 3.42. The molecule has 1 heterocycles. The van der Waals surface area contributed by atoms with Gasteiger partial charge in [-0.1, -0.05) is 48.5 Å². The molecule has 0 saturated heterocycles. The largest absolute Gasteiger partial charge is 0.485 e. The van der Waals surface area contributed by atoms with E-state index >= 15 is 0 Å². The SMILES string of the molecule is O=C1/C(=N/NC(=O)[C@H]2COc3ccccc3O2)c2cccc3cccc1c23. The van der Waals surface area contributed by atoms with Gasteiger partial charge in [-0.3, -0.25) is 9.59 Å². The third-order valence-corrected chi connectivity index (χ3v) is 4.70. The van der Waals surface area contributed by atoms with Crippen LogP contribution in [-0.4, -0.2) is 30.1 Å². The third kappa shape index (κ3) is 2.45. The number of fused-ring (bicyclic) bond motifs is 1. The molecule has 2 aliphatic rings. The van der Waals surface area contributed by atoms with E-state index in [1.165, 1.54) is 0 Å². The van der Waals surface area contributed by atoms with Crippen molar-refractivity contribution < 1.29 is 19.1 Å². The lowest BCUT2D eigenvalue weighted by atomic mass is 10.1. The lowest BCUT2D eigenvalue weighted by Gasteiger charge is -2.24. The molecule has 1 aliphatic heterocycles. The van der Waals surface area contributed by atoms with Gasteiger partial charge in [0.15, 0.2) is 11.5 Å². The summed E-state index contributed by atoms with van der Waals surface area (Å²) in [5, 5.41) is 5.94. The highest BCUT2D eigenvalue weighted by Gasteiger charge is 2.31. The number of carbonyl (C=O) groups excluding carboxylic acids is 2. The number of carbonyl (C=O) groups is 2. The van der Waals surface area contributed by atoms with Crippen LogP contribution in [0.1, 0.15) is 15.9 Å². The lowest BCUT2D eigenvalue weighted by Crippen LogP contribution is -2.42. The number of ketones is 1. The van der Waals surface area contributed by atoms with Gasteiger partial charge in [0, 0.05) is 16.5 Å². The van der Waals surface area contributed by atoms with E-state index in [2.05, 4.69) is 10.5 Å². The molecule has 5 rings (SSSR count). The van der Waals surface area contributed by atoms with E-state index in [9.17, 15) is 9.59 Å². The number of Topliss-reactive ketones (excluding diaryl/α,β-unsaturated/α-hetero) is 1. The minimum Gasteiger partial charge on any atom is -0.485 e. The van der Waals surface area contributed by atoms with Gasteiger partial charge in [0.1, 0.15) is 12.3 Å². The summed E-state index contributed by atoms with van der Waals surface area (Å²) in [4.78, 5) is 25.1. The summed E-state index contributed by atoms with van der Waals surface area (Å²) >= 11 is 0. The van der Waals surface area contributed by atoms with Crippen LogP contribution in [0.5, 0.6) is 11.5 Å². The molecule has 0 radical (unpaired) electrons. The number of ether oxygens (including phenoxy) is 2. The lowest BCUT2D eigenvalue weighted by molar-refractivity contribution is -0.130. The second kappa shape index (κ2) is 5.95. The Balaban J connectivity index is 1.40. The highest BCUT2D eigenvalue weighted by Crippen LogP contribution is 2.32. The summed E-state index contributed by atoms with van der Waals surface area (Å²) < 4.78 is 11.2. The average molecular weight is 358 g/mol. The summed E-state index contributed by atoms with van der Waals surface area (Å²) in [6, 6.07) is 18.3. The molecule has 0 saturated carbocycles. The third-order valence-electron chi connectivity index (χ3n) is 4.70. The molecule has 1 atom stereocenters. The second-order valence-corrected chi connectivity index (χ2v) is 6.34. The molecular formula is C21H14N2O4. The van der Waals surface area contributed by atoms with Crippen LogP contribution in [0.2, 0.25) is 0 Å². The van der Waals surface area contributed by atoms with E-state index in [4.69, 9.17) is 9.47 Å². The number of amides is 1. The van der Waals surface area contributed by atoms with Crippen molar-refractivity contribution in [2.75, 3.05) is 6.61 Å². The molecule has 1 aliphatic carbocycles. The Kier molecular flexibility index (Phi) is 3.43. The predicted octanol–water partition coefficient (Wildman–Crippen LogP) is 2.70. The zero-order valence-electron chi connectivity index (χ0n) is 14.1. The van der Waals surface area contributed by atoms with Crippen molar-refractivity contribution in [3.8, 4) is 11.5 Å². The van der Waals surface area contributed by atoms with E-state index in [1.807, 2.05) is 36.4 Å². The summed E-state index contributed by atoms with van der Waals surface area (Å²) in [7, 11) is 0. The monoisotopic (exact) mass is 358 g/mol. The van der Waals surface area contributed by atoms with Gasteiger partial charge in [-0.15, -0.1) is 0 Å². The first-order chi connectivity index (χ1) is 13.2. The van der Waals surface area contributed by atoms with Gasteiger partial charge < -0.3 is 9.47 Å². The predicted molar refractivity (Wildman–Crippen MR) is 99.3 cm³/mol. The maximum atomic E-state index is 12.7. The number of nitrogens with one attached hydrogen (secondary N) is 1. The molecule has 0 aromatic heterocycles. The maximum absolute atomic E-state index is 12.7. The topological polar surface area (TPSA) is 77.0 Å². The standard InChI is InChI=1S/C21H14N2O4/c24-20-14-8-4-6-12-5-3-7-13(18(12)14)19(20)22-23-21(25)17-11-26-15-9-1-2-10-16(15)27-17/h1-10,17H,11H2,(H,23,25)/b22-19+/t17-/m1/s1. The van der Waals surface area contributed by atoms with Gasteiger partial charge in [0.05, 0.1) is 0 Å². The molecule has 3 aromatic carbocycles. The van der Waals surface area contributed by atoms with E-state index in [0.29, 0.717) is 17.1 Å². The van der Waals surface area contributed by atoms with Gasteiger partial charge in [-0.2, -0.15) is 5.10 Å². The molecule has 132 valence electrons. The molecule has 6 nitrogen and oxygen atoms in total. The number of para-hydroxylation sites is 2. The Labute approximate surface area is 154 Å². The first kappa shape index (κ1) is 15.6. The number of hydrazone groups is 1. The Morgan fingerprint density at radius 1 is 0.963 bits per heavy atom. The Bertz CT molecular complexity index is 1130. The zero-order chi connectivity index (χ0) is 18.4. The molecule has 0 unspecified atom stereocenters. The van der Waals surface area contributed by atoms with Crippen molar-refractivity contribution in [1.29, 1.82) is 0 Å². The second-order valence-electron chi connectivity index (χ2n) is 6.34. The smallest absolute Gasteiger partial charge is 0.284 e. The van der Waals surface area contributed by atoms with Crippen molar-refractivity contribution in [3.05, 3.63) is 71.8 Å². The van der Waals surface area contributed by atoms with Gasteiger partial charge >= 0.3 is 0 Å². The van der Waals surface area contributed by atoms with Crippen molar-refractivity contribution in [1.82, 2.24) is 5.43 Å². The molecule has 0 bridgehead atoms. The minimum atomic E-state index is -0.834. The van der Waals surface area contributed by atoms with Crippen LogP contribution in [0.4, 0.5) is 0 Å². The Hall–Kier alpha value is -3.67. The number of hydrogen-bond donors (Lipinski definition) is 1.